The number of pyridine rings is 1. The van der Waals surface area contributed by atoms with Gasteiger partial charge in [-0.2, -0.15) is 11.8 Å². The third-order valence-corrected chi connectivity index (χ3v) is 5.30. The highest BCUT2D eigenvalue weighted by molar-refractivity contribution is 7.99. The van der Waals surface area contributed by atoms with Crippen LogP contribution in [0, 0.1) is 5.92 Å². The molecule has 0 spiro atoms. The van der Waals surface area contributed by atoms with E-state index >= 15 is 0 Å². The number of sulfonamides is 1. The molecule has 0 bridgehead atoms. The van der Waals surface area contributed by atoms with Gasteiger partial charge in [0.15, 0.2) is 0 Å². The molecule has 2 rings (SSSR count). The molecular weight excluding hydrogens is 258 g/mol. The number of aromatic nitrogens is 1. The standard InChI is InChI=1S/C10H15N3O2S2/c11-10-5-9(1-3-12-10)17(14,15)13-6-8-2-4-16-7-8/h1,3,5,8,13H,2,4,6-7H2,(H2,11,12). The van der Waals surface area contributed by atoms with Gasteiger partial charge in [-0.05, 0) is 29.9 Å². The topological polar surface area (TPSA) is 85.1 Å². The fourth-order valence-electron chi connectivity index (χ4n) is 1.65. The summed E-state index contributed by atoms with van der Waals surface area (Å²) in [5, 5.41) is 0. The van der Waals surface area contributed by atoms with Crippen molar-refractivity contribution < 1.29 is 8.42 Å². The lowest BCUT2D eigenvalue weighted by Gasteiger charge is -2.10. The number of nitrogens with one attached hydrogen (secondary N) is 1. The molecule has 1 aromatic heterocycles. The maximum atomic E-state index is 11.9. The first kappa shape index (κ1) is 12.7. The third-order valence-electron chi connectivity index (χ3n) is 2.65. The van der Waals surface area contributed by atoms with Crippen LogP contribution in [0.5, 0.6) is 0 Å². The number of nitrogens with two attached hydrogens (primary N) is 1. The van der Waals surface area contributed by atoms with Crippen molar-refractivity contribution in [3.05, 3.63) is 18.3 Å². The second-order valence-electron chi connectivity index (χ2n) is 4.00. The van der Waals surface area contributed by atoms with E-state index in [4.69, 9.17) is 5.73 Å². The number of nitrogens with zero attached hydrogens (tertiary/aromatic N) is 1. The largest absolute Gasteiger partial charge is 0.384 e. The molecule has 7 heteroatoms. The van der Waals surface area contributed by atoms with Crippen LogP contribution >= 0.6 is 11.8 Å². The Kier molecular flexibility index (Phi) is 3.90. The molecule has 3 N–H and O–H groups in total. The molecule has 1 aromatic rings. The maximum absolute atomic E-state index is 11.9. The van der Waals surface area contributed by atoms with Crippen molar-refractivity contribution in [2.45, 2.75) is 11.3 Å². The number of rotatable bonds is 4. The van der Waals surface area contributed by atoms with Crippen molar-refractivity contribution in [2.75, 3.05) is 23.8 Å². The van der Waals surface area contributed by atoms with Crippen LogP contribution in [0.1, 0.15) is 6.42 Å². The second-order valence-corrected chi connectivity index (χ2v) is 6.91. The predicted molar refractivity (Wildman–Crippen MR) is 69.3 cm³/mol. The van der Waals surface area contributed by atoms with E-state index in [9.17, 15) is 8.42 Å². The highest BCUT2D eigenvalue weighted by atomic mass is 32.2. The van der Waals surface area contributed by atoms with Crippen molar-refractivity contribution >= 4 is 27.6 Å². The summed E-state index contributed by atoms with van der Waals surface area (Å²) in [4.78, 5) is 3.95. The molecule has 17 heavy (non-hydrogen) atoms. The monoisotopic (exact) mass is 273 g/mol. The van der Waals surface area contributed by atoms with Crippen molar-refractivity contribution in [3.63, 3.8) is 0 Å². The lowest BCUT2D eigenvalue weighted by Crippen LogP contribution is -2.29. The van der Waals surface area contributed by atoms with Crippen LogP contribution in [0.4, 0.5) is 5.82 Å². The second kappa shape index (κ2) is 5.24. The summed E-state index contributed by atoms with van der Waals surface area (Å²) in [5.74, 6) is 2.80. The Morgan fingerprint density at radius 3 is 3.06 bits per heavy atom. The zero-order valence-corrected chi connectivity index (χ0v) is 10.9. The Morgan fingerprint density at radius 2 is 2.41 bits per heavy atom. The first-order valence-corrected chi connectivity index (χ1v) is 8.00. The Bertz CT molecular complexity index is 484. The van der Waals surface area contributed by atoms with E-state index in [1.54, 1.807) is 0 Å². The normalized spacial score (nSPS) is 20.6. The van der Waals surface area contributed by atoms with Gasteiger partial charge in [-0.1, -0.05) is 0 Å². The molecule has 0 radical (unpaired) electrons. The van der Waals surface area contributed by atoms with E-state index in [0.29, 0.717) is 12.5 Å². The highest BCUT2D eigenvalue weighted by Gasteiger charge is 2.20. The van der Waals surface area contributed by atoms with Crippen LogP contribution in [-0.4, -0.2) is 31.5 Å². The van der Waals surface area contributed by atoms with E-state index in [-0.39, 0.29) is 10.7 Å². The van der Waals surface area contributed by atoms with Gasteiger partial charge in [0.2, 0.25) is 10.0 Å². The number of hydrogen-bond donors (Lipinski definition) is 2. The Hall–Kier alpha value is -0.790. The summed E-state index contributed by atoms with van der Waals surface area (Å²) in [6.07, 6.45) is 2.47. The van der Waals surface area contributed by atoms with Crippen LogP contribution in [0.2, 0.25) is 0 Å². The molecule has 1 aliphatic heterocycles. The molecule has 1 unspecified atom stereocenters. The number of hydrogen-bond acceptors (Lipinski definition) is 5. The molecule has 0 aliphatic carbocycles. The van der Waals surface area contributed by atoms with Crippen LogP contribution in [-0.2, 0) is 10.0 Å². The molecule has 5 nitrogen and oxygen atoms in total. The first-order valence-electron chi connectivity index (χ1n) is 5.37. The summed E-state index contributed by atoms with van der Waals surface area (Å²) in [5.41, 5.74) is 5.47. The highest BCUT2D eigenvalue weighted by Crippen LogP contribution is 2.23. The average molecular weight is 273 g/mol. The summed E-state index contributed by atoms with van der Waals surface area (Å²) in [6, 6.07) is 2.81. The minimum atomic E-state index is -3.45. The molecule has 0 aromatic carbocycles. The molecule has 0 saturated carbocycles. The van der Waals surface area contributed by atoms with Gasteiger partial charge in [-0.25, -0.2) is 18.1 Å². The Morgan fingerprint density at radius 1 is 1.59 bits per heavy atom. The van der Waals surface area contributed by atoms with E-state index in [1.807, 2.05) is 11.8 Å². The quantitative estimate of drug-likeness (QED) is 0.843. The van der Waals surface area contributed by atoms with E-state index < -0.39 is 10.0 Å². The average Bonchev–Trinajstić information content (AvgIpc) is 2.79. The number of nitrogen functional groups attached to an aromatic ring is 1. The van der Waals surface area contributed by atoms with E-state index in [2.05, 4.69) is 9.71 Å². The first-order chi connectivity index (χ1) is 8.08. The van der Waals surface area contributed by atoms with Gasteiger partial charge in [-0.15, -0.1) is 0 Å². The number of thioether (sulfide) groups is 1. The molecule has 0 amide bonds. The predicted octanol–water partition coefficient (Wildman–Crippen LogP) is 0.695. The van der Waals surface area contributed by atoms with Crippen molar-refractivity contribution in [1.82, 2.24) is 9.71 Å². The third kappa shape index (κ3) is 3.34. The van der Waals surface area contributed by atoms with Gasteiger partial charge in [0.25, 0.3) is 0 Å². The fourth-order valence-corrected chi connectivity index (χ4v) is 4.07. The summed E-state index contributed by atoms with van der Waals surface area (Å²) in [6.45, 7) is 0.498. The Labute approximate surface area is 105 Å². The Balaban J connectivity index is 2.03. The van der Waals surface area contributed by atoms with Crippen molar-refractivity contribution in [1.29, 1.82) is 0 Å². The minimum absolute atomic E-state index is 0.177. The molecule has 1 fully saturated rings. The summed E-state index contributed by atoms with van der Waals surface area (Å²) >= 11 is 1.87. The summed E-state index contributed by atoms with van der Waals surface area (Å²) < 4.78 is 26.5. The van der Waals surface area contributed by atoms with Crippen LogP contribution in [0.25, 0.3) is 0 Å². The lowest BCUT2D eigenvalue weighted by molar-refractivity contribution is 0.546. The molecular formula is C10H15N3O2S2. The van der Waals surface area contributed by atoms with Gasteiger partial charge in [0, 0.05) is 18.8 Å². The van der Waals surface area contributed by atoms with Gasteiger partial charge < -0.3 is 5.73 Å². The van der Waals surface area contributed by atoms with Crippen LogP contribution < -0.4 is 10.5 Å². The molecule has 2 heterocycles. The van der Waals surface area contributed by atoms with E-state index in [0.717, 1.165) is 17.9 Å². The van der Waals surface area contributed by atoms with Gasteiger partial charge in [-0.3, -0.25) is 0 Å². The van der Waals surface area contributed by atoms with Crippen molar-refractivity contribution in [3.8, 4) is 0 Å². The molecule has 1 aliphatic rings. The van der Waals surface area contributed by atoms with Gasteiger partial charge in [0.05, 0.1) is 4.90 Å². The van der Waals surface area contributed by atoms with Crippen LogP contribution in [0.15, 0.2) is 23.2 Å². The smallest absolute Gasteiger partial charge is 0.240 e. The fraction of sp³-hybridized carbons (Fsp3) is 0.500. The van der Waals surface area contributed by atoms with Gasteiger partial charge in [0.1, 0.15) is 5.82 Å². The SMILES string of the molecule is Nc1cc(S(=O)(=O)NCC2CCSC2)ccn1. The zero-order valence-electron chi connectivity index (χ0n) is 9.30. The summed E-state index contributed by atoms with van der Waals surface area (Å²) in [7, 11) is -3.45. The van der Waals surface area contributed by atoms with Crippen LogP contribution in [0.3, 0.4) is 0 Å². The molecule has 1 atom stereocenters. The van der Waals surface area contributed by atoms with Crippen molar-refractivity contribution in [2.24, 2.45) is 5.92 Å². The number of anilines is 1. The van der Waals surface area contributed by atoms with E-state index in [1.165, 1.54) is 18.3 Å². The van der Waals surface area contributed by atoms with Gasteiger partial charge >= 0.3 is 0 Å². The lowest BCUT2D eigenvalue weighted by atomic mass is 10.1. The molecule has 94 valence electrons. The zero-order chi connectivity index (χ0) is 12.3. The maximum Gasteiger partial charge on any atom is 0.240 e. The molecule has 1 saturated heterocycles. The minimum Gasteiger partial charge on any atom is -0.384 e.